The van der Waals surface area contributed by atoms with Crippen molar-refractivity contribution in [3.63, 3.8) is 0 Å². The fourth-order valence-electron chi connectivity index (χ4n) is 3.14. The van der Waals surface area contributed by atoms with Crippen molar-refractivity contribution in [2.24, 2.45) is 0 Å². The molecule has 1 heterocycles. The zero-order chi connectivity index (χ0) is 24.6. The molecule has 0 saturated carbocycles. The van der Waals surface area contributed by atoms with Crippen LogP contribution in [0, 0.1) is 0 Å². The molecule has 0 aliphatic carbocycles. The molecule has 3 N–H and O–H groups in total. The van der Waals surface area contributed by atoms with Crippen molar-refractivity contribution in [3.05, 3.63) is 84.2 Å². The summed E-state index contributed by atoms with van der Waals surface area (Å²) in [5.41, 5.74) is 3.53. The standard InChI is InChI=1S/C26H24N4O2S3/c1-17(24(31)30-26-29-23(16-34-26)18-7-6-10-21(15-18)32-2)35-22-13-11-20(12-14-22)28-25(33)27-19-8-4-3-5-9-19/h3-17H,1-2H3,(H2,27,28,33)(H,29,30,31). The van der Waals surface area contributed by atoms with Gasteiger partial charge < -0.3 is 20.7 Å². The number of thiazole rings is 1. The Bertz CT molecular complexity index is 1290. The van der Waals surface area contributed by atoms with Crippen molar-refractivity contribution in [2.75, 3.05) is 23.1 Å². The van der Waals surface area contributed by atoms with E-state index >= 15 is 0 Å². The molecule has 0 fully saturated rings. The number of nitrogens with zero attached hydrogens (tertiary/aromatic N) is 1. The van der Waals surface area contributed by atoms with Gasteiger partial charge in [-0.05, 0) is 67.7 Å². The Hall–Kier alpha value is -3.40. The van der Waals surface area contributed by atoms with Gasteiger partial charge in [0.15, 0.2) is 10.2 Å². The Labute approximate surface area is 218 Å². The third-order valence-electron chi connectivity index (χ3n) is 4.93. The minimum Gasteiger partial charge on any atom is -0.497 e. The maximum atomic E-state index is 12.7. The molecule has 0 saturated heterocycles. The van der Waals surface area contributed by atoms with E-state index in [4.69, 9.17) is 17.0 Å². The molecule has 0 spiro atoms. The summed E-state index contributed by atoms with van der Waals surface area (Å²) in [6.45, 7) is 1.88. The number of carbonyl (C=O) groups is 1. The molecule has 6 nitrogen and oxygen atoms in total. The first kappa shape index (κ1) is 24.7. The Morgan fingerprint density at radius 2 is 1.69 bits per heavy atom. The van der Waals surface area contributed by atoms with E-state index in [1.807, 2.05) is 91.2 Å². The number of nitrogens with one attached hydrogen (secondary N) is 3. The van der Waals surface area contributed by atoms with Gasteiger partial charge in [0.2, 0.25) is 5.91 Å². The fourth-order valence-corrected chi connectivity index (χ4v) is 4.97. The lowest BCUT2D eigenvalue weighted by molar-refractivity contribution is -0.115. The predicted octanol–water partition coefficient (Wildman–Crippen LogP) is 6.75. The molecule has 1 unspecified atom stereocenters. The number of carbonyl (C=O) groups excluding carboxylic acids is 1. The number of rotatable bonds is 8. The van der Waals surface area contributed by atoms with E-state index < -0.39 is 0 Å². The van der Waals surface area contributed by atoms with Gasteiger partial charge in [0.05, 0.1) is 18.1 Å². The first-order valence-corrected chi connectivity index (χ1v) is 13.0. The van der Waals surface area contributed by atoms with Gasteiger partial charge in [-0.1, -0.05) is 30.3 Å². The van der Waals surface area contributed by atoms with Gasteiger partial charge in [-0.25, -0.2) is 4.98 Å². The molecule has 1 amide bonds. The molecule has 178 valence electrons. The number of amides is 1. The summed E-state index contributed by atoms with van der Waals surface area (Å²) in [6, 6.07) is 25.2. The maximum Gasteiger partial charge on any atom is 0.239 e. The van der Waals surface area contributed by atoms with Crippen LogP contribution in [0.1, 0.15) is 6.92 Å². The van der Waals surface area contributed by atoms with Crippen LogP contribution in [0.4, 0.5) is 16.5 Å². The van der Waals surface area contributed by atoms with E-state index in [9.17, 15) is 4.79 Å². The molecule has 0 radical (unpaired) electrons. The SMILES string of the molecule is COc1cccc(-c2csc(NC(=O)C(C)Sc3ccc(NC(=S)Nc4ccccc4)cc3)n2)c1. The Morgan fingerprint density at radius 3 is 2.40 bits per heavy atom. The van der Waals surface area contributed by atoms with E-state index in [0.29, 0.717) is 10.2 Å². The van der Waals surface area contributed by atoms with Gasteiger partial charge in [-0.2, -0.15) is 0 Å². The zero-order valence-corrected chi connectivity index (χ0v) is 21.6. The van der Waals surface area contributed by atoms with Crippen molar-refractivity contribution >= 4 is 62.8 Å². The van der Waals surface area contributed by atoms with Crippen LogP contribution in [0.5, 0.6) is 5.75 Å². The Morgan fingerprint density at radius 1 is 0.971 bits per heavy atom. The number of para-hydroxylation sites is 1. The molecule has 3 aromatic carbocycles. The average Bonchev–Trinajstić information content (AvgIpc) is 3.34. The van der Waals surface area contributed by atoms with Crippen molar-refractivity contribution in [3.8, 4) is 17.0 Å². The zero-order valence-electron chi connectivity index (χ0n) is 19.1. The summed E-state index contributed by atoms with van der Waals surface area (Å²) in [5.74, 6) is 0.665. The monoisotopic (exact) mass is 520 g/mol. The molecular formula is C26H24N4O2S3. The molecule has 35 heavy (non-hydrogen) atoms. The van der Waals surface area contributed by atoms with Crippen LogP contribution in [0.3, 0.4) is 0 Å². The van der Waals surface area contributed by atoms with Gasteiger partial charge in [0.1, 0.15) is 5.75 Å². The van der Waals surface area contributed by atoms with Crippen LogP contribution in [-0.4, -0.2) is 28.4 Å². The maximum absolute atomic E-state index is 12.7. The third-order valence-corrected chi connectivity index (χ3v) is 7.00. The van der Waals surface area contributed by atoms with Crippen LogP contribution in [0.25, 0.3) is 11.3 Å². The average molecular weight is 521 g/mol. The van der Waals surface area contributed by atoms with Crippen LogP contribution >= 0.6 is 35.3 Å². The number of anilines is 3. The van der Waals surface area contributed by atoms with Gasteiger partial charge >= 0.3 is 0 Å². The minimum absolute atomic E-state index is 0.100. The highest BCUT2D eigenvalue weighted by Crippen LogP contribution is 2.29. The lowest BCUT2D eigenvalue weighted by Gasteiger charge is -2.12. The normalized spacial score (nSPS) is 11.4. The van der Waals surface area contributed by atoms with Gasteiger partial charge in [-0.3, -0.25) is 4.79 Å². The number of thiocarbonyl (C=S) groups is 1. The first-order chi connectivity index (χ1) is 17.0. The van der Waals surface area contributed by atoms with Crippen LogP contribution < -0.4 is 20.7 Å². The number of ether oxygens (including phenoxy) is 1. The second-order valence-corrected chi connectivity index (χ2v) is 10.2. The van der Waals surface area contributed by atoms with Crippen LogP contribution in [0.2, 0.25) is 0 Å². The number of hydrogen-bond acceptors (Lipinski definition) is 6. The second kappa shape index (κ2) is 11.8. The molecule has 0 aliphatic heterocycles. The van der Waals surface area contributed by atoms with Crippen molar-refractivity contribution in [1.82, 2.24) is 4.98 Å². The van der Waals surface area contributed by atoms with E-state index in [1.165, 1.54) is 23.1 Å². The Kier molecular flexibility index (Phi) is 8.36. The van der Waals surface area contributed by atoms with Crippen molar-refractivity contribution in [2.45, 2.75) is 17.1 Å². The molecule has 0 bridgehead atoms. The number of methoxy groups -OCH3 is 1. The number of benzene rings is 3. The van der Waals surface area contributed by atoms with Gasteiger partial charge in [-0.15, -0.1) is 23.1 Å². The molecule has 4 rings (SSSR count). The molecule has 1 atom stereocenters. The highest BCUT2D eigenvalue weighted by molar-refractivity contribution is 8.00. The lowest BCUT2D eigenvalue weighted by Crippen LogP contribution is -2.22. The van der Waals surface area contributed by atoms with E-state index in [-0.39, 0.29) is 11.2 Å². The summed E-state index contributed by atoms with van der Waals surface area (Å²) < 4.78 is 5.28. The highest BCUT2D eigenvalue weighted by Gasteiger charge is 2.16. The third kappa shape index (κ3) is 7.05. The molecule has 9 heteroatoms. The molecular weight excluding hydrogens is 497 g/mol. The molecule has 4 aromatic rings. The van der Waals surface area contributed by atoms with Gasteiger partial charge in [0.25, 0.3) is 0 Å². The smallest absolute Gasteiger partial charge is 0.239 e. The fraction of sp³-hybridized carbons (Fsp3) is 0.115. The minimum atomic E-state index is -0.293. The molecule has 0 aliphatic rings. The molecule has 1 aromatic heterocycles. The predicted molar refractivity (Wildman–Crippen MR) is 151 cm³/mol. The van der Waals surface area contributed by atoms with E-state index in [1.54, 1.807) is 7.11 Å². The first-order valence-electron chi connectivity index (χ1n) is 10.8. The largest absolute Gasteiger partial charge is 0.497 e. The van der Waals surface area contributed by atoms with Crippen LogP contribution in [0.15, 0.2) is 89.1 Å². The van der Waals surface area contributed by atoms with Crippen molar-refractivity contribution in [1.29, 1.82) is 0 Å². The second-order valence-electron chi connectivity index (χ2n) is 7.49. The number of thioether (sulfide) groups is 1. The van der Waals surface area contributed by atoms with E-state index in [2.05, 4.69) is 20.9 Å². The summed E-state index contributed by atoms with van der Waals surface area (Å²) >= 11 is 8.25. The summed E-state index contributed by atoms with van der Waals surface area (Å²) in [5, 5.41) is 11.9. The summed E-state index contributed by atoms with van der Waals surface area (Å²) in [7, 11) is 1.63. The Balaban J connectivity index is 1.29. The van der Waals surface area contributed by atoms with Gasteiger partial charge in [0, 0.05) is 27.2 Å². The quantitative estimate of drug-likeness (QED) is 0.175. The van der Waals surface area contributed by atoms with Crippen LogP contribution in [-0.2, 0) is 4.79 Å². The summed E-state index contributed by atoms with van der Waals surface area (Å²) in [6.07, 6.45) is 0. The van der Waals surface area contributed by atoms with E-state index in [0.717, 1.165) is 33.3 Å². The summed E-state index contributed by atoms with van der Waals surface area (Å²) in [4.78, 5) is 18.3. The topological polar surface area (TPSA) is 75.3 Å². The number of hydrogen-bond donors (Lipinski definition) is 3. The lowest BCUT2D eigenvalue weighted by atomic mass is 10.2. The van der Waals surface area contributed by atoms with Crippen molar-refractivity contribution < 1.29 is 9.53 Å². The number of aromatic nitrogens is 1. The highest BCUT2D eigenvalue weighted by atomic mass is 32.2.